The molecule has 1 aromatic rings. The summed E-state index contributed by atoms with van der Waals surface area (Å²) in [6, 6.07) is -2.24. The number of carboxylic acid groups (broad SMARTS) is 1. The molecule has 120 valence electrons. The van der Waals surface area contributed by atoms with Gasteiger partial charge >= 0.3 is 18.1 Å². The first-order chi connectivity index (χ1) is 10.3. The van der Waals surface area contributed by atoms with Crippen LogP contribution >= 0.6 is 0 Å². The molecule has 3 N–H and O–H groups in total. The Morgan fingerprint density at radius 1 is 1.64 bits per heavy atom. The third kappa shape index (κ3) is 1.85. The summed E-state index contributed by atoms with van der Waals surface area (Å²) in [4.78, 5) is 28.2. The first-order valence-corrected chi connectivity index (χ1v) is 6.40. The van der Waals surface area contributed by atoms with Crippen LogP contribution in [0.15, 0.2) is 6.20 Å². The molecule has 1 aromatic heterocycles. The average molecular weight is 317 g/mol. The maximum absolute atomic E-state index is 13.3. The number of carbonyl (C=O) groups excluding carboxylic acids is 1. The molecule has 0 radical (unpaired) electrons. The smallest absolute Gasteiger partial charge is 0.475 e. The zero-order valence-electron chi connectivity index (χ0n) is 11.4. The van der Waals surface area contributed by atoms with Crippen LogP contribution in [0.4, 0.5) is 13.6 Å². The number of nitrogens with zero attached hydrogens (tertiary/aromatic N) is 4. The monoisotopic (exact) mass is 317 g/mol. The first kappa shape index (κ1) is 14.7. The van der Waals surface area contributed by atoms with Gasteiger partial charge in [0, 0.05) is 19.2 Å². The number of aryl methyl sites for hydroxylation is 1. The zero-order chi connectivity index (χ0) is 16.2. The van der Waals surface area contributed by atoms with Crippen LogP contribution in [-0.2, 0) is 16.7 Å². The number of urea groups is 1. The second kappa shape index (κ2) is 4.61. The lowest BCUT2D eigenvalue weighted by molar-refractivity contribution is -0.328. The van der Waals surface area contributed by atoms with E-state index in [0.717, 1.165) is 0 Å². The van der Waals surface area contributed by atoms with E-state index in [1.165, 1.54) is 15.8 Å². The highest BCUT2D eigenvalue weighted by molar-refractivity contribution is 5.79. The number of rotatable bonds is 4. The maximum atomic E-state index is 13.3. The Balaban J connectivity index is 2.00. The Morgan fingerprint density at radius 2 is 2.32 bits per heavy atom. The first-order valence-electron chi connectivity index (χ1n) is 6.40. The van der Waals surface area contributed by atoms with Crippen LogP contribution in [0, 0.1) is 0 Å². The van der Waals surface area contributed by atoms with Crippen molar-refractivity contribution in [1.82, 2.24) is 19.7 Å². The molecule has 0 unspecified atom stereocenters. The Bertz CT molecular complexity index is 648. The molecule has 3 heterocycles. The number of carbonyl (C=O) groups is 2. The van der Waals surface area contributed by atoms with Crippen LogP contribution in [0.3, 0.4) is 0 Å². The van der Waals surface area contributed by atoms with E-state index in [1.807, 2.05) is 0 Å². The summed E-state index contributed by atoms with van der Waals surface area (Å²) in [7, 11) is 1.65. The van der Waals surface area contributed by atoms with Gasteiger partial charge in [0.25, 0.3) is 0 Å². The molecule has 0 saturated carbocycles. The van der Waals surface area contributed by atoms with Gasteiger partial charge < -0.3 is 15.7 Å². The Hall–Kier alpha value is -2.27. The van der Waals surface area contributed by atoms with Crippen LogP contribution < -0.4 is 5.73 Å². The van der Waals surface area contributed by atoms with Crippen LogP contribution in [0.5, 0.6) is 0 Å². The predicted octanol–water partition coefficient (Wildman–Crippen LogP) is -0.179. The van der Waals surface area contributed by atoms with Gasteiger partial charge in [-0.15, -0.1) is 0 Å². The number of nitrogens with two attached hydrogens (primary N) is 1. The molecule has 22 heavy (non-hydrogen) atoms. The second-order valence-electron chi connectivity index (χ2n) is 5.05. The van der Waals surface area contributed by atoms with Gasteiger partial charge in [0.05, 0.1) is 24.5 Å². The average Bonchev–Trinajstić information content (AvgIpc) is 2.95. The van der Waals surface area contributed by atoms with Gasteiger partial charge in [-0.25, -0.2) is 9.59 Å². The quantitative estimate of drug-likeness (QED) is 0.796. The lowest BCUT2D eigenvalue weighted by atomic mass is 9.98. The molecular formula is C11H13F2N5O4. The number of aromatic nitrogens is 2. The fourth-order valence-corrected chi connectivity index (χ4v) is 2.86. The van der Waals surface area contributed by atoms with Gasteiger partial charge in [0.1, 0.15) is 6.04 Å². The minimum Gasteiger partial charge on any atom is -0.475 e. The molecule has 9 nitrogen and oxygen atoms in total. The molecule has 2 aliphatic rings. The number of hydroxylamine groups is 2. The van der Waals surface area contributed by atoms with Crippen molar-refractivity contribution in [2.75, 3.05) is 13.1 Å². The fraction of sp³-hybridized carbons (Fsp3) is 0.545. The summed E-state index contributed by atoms with van der Waals surface area (Å²) in [5, 5.41) is 12.9. The highest BCUT2D eigenvalue weighted by atomic mass is 19.3. The number of fused-ring (bicyclic) bond motifs is 4. The summed E-state index contributed by atoms with van der Waals surface area (Å²) in [6.45, 7) is 0.156. The van der Waals surface area contributed by atoms with Gasteiger partial charge in [-0.2, -0.15) is 23.8 Å². The van der Waals surface area contributed by atoms with Gasteiger partial charge in [-0.05, 0) is 0 Å². The minimum absolute atomic E-state index is 0.0775. The van der Waals surface area contributed by atoms with Gasteiger partial charge in [0.15, 0.2) is 0 Å². The van der Waals surface area contributed by atoms with Crippen molar-refractivity contribution in [3.8, 4) is 0 Å². The molecule has 11 heteroatoms. The van der Waals surface area contributed by atoms with Gasteiger partial charge in [0.2, 0.25) is 0 Å². The molecule has 2 amide bonds. The van der Waals surface area contributed by atoms with Crippen LogP contribution in [-0.4, -0.2) is 56.0 Å². The number of hydrogen-bond donors (Lipinski definition) is 2. The van der Waals surface area contributed by atoms with E-state index in [2.05, 4.69) is 9.94 Å². The standard InChI is InChI=1S/C11H13F2N5O4/c1-16-8-5(3-15-16)7-4-17(6(8)2-14)10(21)18(7)22-11(12,13)9(19)20/h3,6-7H,2,4,14H2,1H3,(H,19,20)/t6-,7-/m1/s1. The third-order valence-electron chi connectivity index (χ3n) is 3.84. The normalized spacial score (nSPS) is 23.9. The lowest BCUT2D eigenvalue weighted by Gasteiger charge is -2.30. The summed E-state index contributed by atoms with van der Waals surface area (Å²) in [5.41, 5.74) is 6.81. The molecule has 1 saturated heterocycles. The van der Waals surface area contributed by atoms with Crippen LogP contribution in [0.1, 0.15) is 23.3 Å². The number of amides is 2. The Morgan fingerprint density at radius 3 is 2.91 bits per heavy atom. The van der Waals surface area contributed by atoms with E-state index in [4.69, 9.17) is 10.8 Å². The molecule has 2 bridgehead atoms. The van der Waals surface area contributed by atoms with E-state index in [-0.39, 0.29) is 13.1 Å². The van der Waals surface area contributed by atoms with E-state index in [1.54, 1.807) is 7.05 Å². The van der Waals surface area contributed by atoms with E-state index in [0.29, 0.717) is 16.3 Å². The molecule has 0 spiro atoms. The zero-order valence-corrected chi connectivity index (χ0v) is 11.4. The predicted molar refractivity (Wildman–Crippen MR) is 65.4 cm³/mol. The van der Waals surface area contributed by atoms with Crippen molar-refractivity contribution in [3.05, 3.63) is 17.5 Å². The molecular weight excluding hydrogens is 304 g/mol. The molecule has 2 aliphatic heterocycles. The summed E-state index contributed by atoms with van der Waals surface area (Å²) in [6.07, 6.45) is -3.07. The summed E-state index contributed by atoms with van der Waals surface area (Å²) >= 11 is 0. The molecule has 1 fully saturated rings. The number of halogens is 2. The molecule has 3 rings (SSSR count). The van der Waals surface area contributed by atoms with Crippen molar-refractivity contribution < 1.29 is 28.3 Å². The summed E-state index contributed by atoms with van der Waals surface area (Å²) in [5.74, 6) is -2.47. The van der Waals surface area contributed by atoms with E-state index >= 15 is 0 Å². The van der Waals surface area contributed by atoms with Gasteiger partial charge in [-0.3, -0.25) is 4.68 Å². The SMILES string of the molecule is Cn1ncc2c1[C@@H](CN)N1C[C@H]2N(OC(F)(F)C(=O)O)C1=O. The van der Waals surface area contributed by atoms with Crippen LogP contribution in [0.25, 0.3) is 0 Å². The lowest BCUT2D eigenvalue weighted by Crippen LogP contribution is -2.42. The maximum Gasteiger partial charge on any atom is 0.476 e. The third-order valence-corrected chi connectivity index (χ3v) is 3.84. The highest BCUT2D eigenvalue weighted by Crippen LogP contribution is 2.44. The number of aliphatic carboxylic acids is 1. The van der Waals surface area contributed by atoms with E-state index in [9.17, 15) is 18.4 Å². The minimum atomic E-state index is -4.51. The van der Waals surface area contributed by atoms with E-state index < -0.39 is 30.2 Å². The van der Waals surface area contributed by atoms with Crippen LogP contribution in [0.2, 0.25) is 0 Å². The highest BCUT2D eigenvalue weighted by Gasteiger charge is 2.54. The second-order valence-corrected chi connectivity index (χ2v) is 5.05. The van der Waals surface area contributed by atoms with Crippen molar-refractivity contribution in [3.63, 3.8) is 0 Å². The van der Waals surface area contributed by atoms with Crippen molar-refractivity contribution >= 4 is 12.0 Å². The number of hydrogen-bond acceptors (Lipinski definition) is 5. The molecule has 0 aliphatic carbocycles. The molecule has 2 atom stereocenters. The van der Waals surface area contributed by atoms with Crippen molar-refractivity contribution in [1.29, 1.82) is 0 Å². The topological polar surface area (TPSA) is 114 Å². The Labute approximate surface area is 122 Å². The fourth-order valence-electron chi connectivity index (χ4n) is 2.86. The summed E-state index contributed by atoms with van der Waals surface area (Å²) < 4.78 is 28.1. The Kier molecular flexibility index (Phi) is 3.07. The number of alkyl halides is 2. The van der Waals surface area contributed by atoms with Gasteiger partial charge in [-0.1, -0.05) is 0 Å². The van der Waals surface area contributed by atoms with Crippen molar-refractivity contribution in [2.45, 2.75) is 18.2 Å². The number of carboxylic acids is 1. The molecule has 0 aromatic carbocycles. The van der Waals surface area contributed by atoms with Crippen molar-refractivity contribution in [2.24, 2.45) is 12.8 Å². The largest absolute Gasteiger partial charge is 0.476 e.